The number of nitrogen functional groups attached to an aromatic ring is 1. The van der Waals surface area contributed by atoms with Crippen molar-refractivity contribution < 1.29 is 4.74 Å². The van der Waals surface area contributed by atoms with Crippen LogP contribution in [0.25, 0.3) is 0 Å². The number of hydrogen-bond donors (Lipinski definition) is 2. The molecule has 0 radical (unpaired) electrons. The first-order chi connectivity index (χ1) is 9.61. The highest BCUT2D eigenvalue weighted by Crippen LogP contribution is 2.32. The molecule has 2 rings (SSSR count). The van der Waals surface area contributed by atoms with E-state index in [2.05, 4.69) is 31.2 Å². The Morgan fingerprint density at radius 2 is 2.20 bits per heavy atom. The van der Waals surface area contributed by atoms with Crippen LogP contribution in [0, 0.1) is 0 Å². The van der Waals surface area contributed by atoms with Gasteiger partial charge in [-0.15, -0.1) is 0 Å². The summed E-state index contributed by atoms with van der Waals surface area (Å²) in [7, 11) is 0. The summed E-state index contributed by atoms with van der Waals surface area (Å²) < 4.78 is 6.36. The number of aromatic nitrogens is 2. The van der Waals surface area contributed by atoms with Gasteiger partial charge in [0, 0.05) is 4.47 Å². The SMILES string of the molecule is CCCOc1ncnc(Nc2cc(Br)ccc2Cl)c1N. The Kier molecular flexibility index (Phi) is 5.03. The number of hydrogen-bond acceptors (Lipinski definition) is 5. The third-order valence-corrected chi connectivity index (χ3v) is 3.29. The molecule has 0 saturated carbocycles. The first kappa shape index (κ1) is 14.9. The Morgan fingerprint density at radius 3 is 2.95 bits per heavy atom. The number of nitrogens with zero attached hydrogens (tertiary/aromatic N) is 2. The van der Waals surface area contributed by atoms with E-state index in [1.165, 1.54) is 6.33 Å². The van der Waals surface area contributed by atoms with Crippen LogP contribution >= 0.6 is 27.5 Å². The maximum absolute atomic E-state index is 6.12. The predicted molar refractivity (Wildman–Crippen MR) is 84.7 cm³/mol. The van der Waals surface area contributed by atoms with Crippen molar-refractivity contribution >= 4 is 44.7 Å². The summed E-state index contributed by atoms with van der Waals surface area (Å²) in [6.45, 7) is 2.57. The van der Waals surface area contributed by atoms with E-state index in [1.54, 1.807) is 6.07 Å². The third-order valence-electron chi connectivity index (χ3n) is 2.47. The molecular formula is C13H14BrClN4O. The van der Waals surface area contributed by atoms with Crippen LogP contribution < -0.4 is 15.8 Å². The van der Waals surface area contributed by atoms with E-state index in [9.17, 15) is 0 Å². The first-order valence-electron chi connectivity index (χ1n) is 6.07. The van der Waals surface area contributed by atoms with Gasteiger partial charge in [0.2, 0.25) is 5.88 Å². The lowest BCUT2D eigenvalue weighted by Crippen LogP contribution is -2.06. The third kappa shape index (κ3) is 3.52. The number of benzene rings is 1. The molecule has 5 nitrogen and oxygen atoms in total. The molecule has 0 bridgehead atoms. The number of halogens is 2. The minimum absolute atomic E-state index is 0.358. The smallest absolute Gasteiger partial charge is 0.242 e. The van der Waals surface area contributed by atoms with Gasteiger partial charge in [-0.25, -0.2) is 4.98 Å². The fourth-order valence-electron chi connectivity index (χ4n) is 1.51. The van der Waals surface area contributed by atoms with Crippen LogP contribution in [-0.4, -0.2) is 16.6 Å². The molecule has 0 spiro atoms. The minimum Gasteiger partial charge on any atom is -0.476 e. The van der Waals surface area contributed by atoms with Gasteiger partial charge in [0.1, 0.15) is 12.0 Å². The van der Waals surface area contributed by atoms with Crippen LogP contribution in [0.1, 0.15) is 13.3 Å². The lowest BCUT2D eigenvalue weighted by atomic mass is 10.3. The van der Waals surface area contributed by atoms with Crippen molar-refractivity contribution in [1.29, 1.82) is 0 Å². The van der Waals surface area contributed by atoms with Gasteiger partial charge in [-0.1, -0.05) is 34.5 Å². The highest BCUT2D eigenvalue weighted by molar-refractivity contribution is 9.10. The van der Waals surface area contributed by atoms with Crippen molar-refractivity contribution in [2.45, 2.75) is 13.3 Å². The van der Waals surface area contributed by atoms with Gasteiger partial charge in [-0.2, -0.15) is 4.98 Å². The van der Waals surface area contributed by atoms with Gasteiger partial charge in [0.15, 0.2) is 5.82 Å². The van der Waals surface area contributed by atoms with E-state index in [0.29, 0.717) is 34.7 Å². The Hall–Kier alpha value is -1.53. The van der Waals surface area contributed by atoms with Gasteiger partial charge < -0.3 is 15.8 Å². The van der Waals surface area contributed by atoms with Crippen LogP contribution in [0.3, 0.4) is 0 Å². The fourth-order valence-corrected chi connectivity index (χ4v) is 2.04. The van der Waals surface area contributed by atoms with Gasteiger partial charge in [0.25, 0.3) is 0 Å². The zero-order chi connectivity index (χ0) is 14.5. The maximum atomic E-state index is 6.12. The number of ether oxygens (including phenoxy) is 1. The summed E-state index contributed by atoms with van der Waals surface area (Å²) in [5, 5.41) is 3.65. The molecule has 1 heterocycles. The second kappa shape index (κ2) is 6.76. The molecule has 0 aliphatic heterocycles. The number of anilines is 3. The number of nitrogens with two attached hydrogens (primary N) is 1. The van der Waals surface area contributed by atoms with E-state index < -0.39 is 0 Å². The van der Waals surface area contributed by atoms with Gasteiger partial charge in [-0.05, 0) is 24.6 Å². The Morgan fingerprint density at radius 1 is 1.40 bits per heavy atom. The molecule has 0 atom stereocenters. The van der Waals surface area contributed by atoms with E-state index in [4.69, 9.17) is 22.1 Å². The summed E-state index contributed by atoms with van der Waals surface area (Å²) in [6, 6.07) is 5.48. The standard InChI is InChI=1S/C13H14BrClN4O/c1-2-5-20-13-11(16)12(17-7-18-13)19-10-6-8(14)3-4-9(10)15/h3-4,6-7H,2,5,16H2,1H3,(H,17,18,19). The van der Waals surface area contributed by atoms with E-state index in [0.717, 1.165) is 10.9 Å². The topological polar surface area (TPSA) is 73.1 Å². The van der Waals surface area contributed by atoms with Crippen LogP contribution in [0.4, 0.5) is 17.2 Å². The average molecular weight is 358 g/mol. The summed E-state index contributed by atoms with van der Waals surface area (Å²) in [5.74, 6) is 0.835. The Bertz CT molecular complexity index is 609. The fraction of sp³-hybridized carbons (Fsp3) is 0.231. The van der Waals surface area contributed by atoms with E-state index in [1.807, 2.05) is 19.1 Å². The van der Waals surface area contributed by atoms with Crippen molar-refractivity contribution in [2.75, 3.05) is 17.7 Å². The second-order valence-corrected chi connectivity index (χ2v) is 5.36. The molecule has 1 aromatic heterocycles. The molecule has 1 aromatic carbocycles. The van der Waals surface area contributed by atoms with Crippen LogP contribution in [0.15, 0.2) is 29.0 Å². The zero-order valence-electron chi connectivity index (χ0n) is 10.9. The summed E-state index contributed by atoms with van der Waals surface area (Å²) in [5.41, 5.74) is 7.05. The van der Waals surface area contributed by atoms with Crippen LogP contribution in [0.2, 0.25) is 5.02 Å². The largest absolute Gasteiger partial charge is 0.476 e. The summed E-state index contributed by atoms with van der Waals surface area (Å²) >= 11 is 9.51. The molecule has 0 saturated heterocycles. The maximum Gasteiger partial charge on any atom is 0.242 e. The number of rotatable bonds is 5. The molecule has 7 heteroatoms. The summed E-state index contributed by atoms with van der Waals surface area (Å²) in [4.78, 5) is 8.13. The quantitative estimate of drug-likeness (QED) is 0.846. The van der Waals surface area contributed by atoms with E-state index >= 15 is 0 Å². The van der Waals surface area contributed by atoms with Crippen molar-refractivity contribution in [3.8, 4) is 5.88 Å². The van der Waals surface area contributed by atoms with Crippen molar-refractivity contribution in [2.24, 2.45) is 0 Å². The average Bonchev–Trinajstić information content (AvgIpc) is 2.44. The molecule has 0 aliphatic carbocycles. The van der Waals surface area contributed by atoms with Gasteiger partial charge >= 0.3 is 0 Å². The van der Waals surface area contributed by atoms with Crippen molar-refractivity contribution in [3.63, 3.8) is 0 Å². The monoisotopic (exact) mass is 356 g/mol. The zero-order valence-corrected chi connectivity index (χ0v) is 13.2. The Labute approximate surface area is 130 Å². The molecule has 0 aliphatic rings. The van der Waals surface area contributed by atoms with Gasteiger partial charge in [-0.3, -0.25) is 0 Å². The molecule has 2 aromatic rings. The molecule has 0 fully saturated rings. The lowest BCUT2D eigenvalue weighted by Gasteiger charge is -2.12. The molecule has 20 heavy (non-hydrogen) atoms. The van der Waals surface area contributed by atoms with Crippen molar-refractivity contribution in [3.05, 3.63) is 34.0 Å². The minimum atomic E-state index is 0.358. The van der Waals surface area contributed by atoms with Crippen LogP contribution in [0.5, 0.6) is 5.88 Å². The molecular weight excluding hydrogens is 344 g/mol. The second-order valence-electron chi connectivity index (χ2n) is 4.04. The van der Waals surface area contributed by atoms with Crippen LogP contribution in [-0.2, 0) is 0 Å². The van der Waals surface area contributed by atoms with Crippen molar-refractivity contribution in [1.82, 2.24) is 9.97 Å². The number of nitrogens with one attached hydrogen (secondary N) is 1. The molecule has 0 unspecified atom stereocenters. The molecule has 106 valence electrons. The highest BCUT2D eigenvalue weighted by atomic mass is 79.9. The normalized spacial score (nSPS) is 10.3. The predicted octanol–water partition coefficient (Wildman–Crippen LogP) is 4.01. The highest BCUT2D eigenvalue weighted by Gasteiger charge is 2.11. The van der Waals surface area contributed by atoms with E-state index in [-0.39, 0.29) is 0 Å². The molecule has 0 amide bonds. The van der Waals surface area contributed by atoms with Gasteiger partial charge in [0.05, 0.1) is 17.3 Å². The first-order valence-corrected chi connectivity index (χ1v) is 7.24. The summed E-state index contributed by atoms with van der Waals surface area (Å²) in [6.07, 6.45) is 2.28. The molecule has 3 N–H and O–H groups in total. The Balaban J connectivity index is 2.27. The lowest BCUT2D eigenvalue weighted by molar-refractivity contribution is 0.307.